The van der Waals surface area contributed by atoms with Crippen LogP contribution in [0.5, 0.6) is 11.5 Å². The number of rotatable bonds is 6. The van der Waals surface area contributed by atoms with E-state index in [2.05, 4.69) is 5.32 Å². The smallest absolute Gasteiger partial charge is 0.335 e. The average Bonchev–Trinajstić information content (AvgIpc) is 2.51. The van der Waals surface area contributed by atoms with Crippen LogP contribution in [-0.2, 0) is 11.2 Å². The van der Waals surface area contributed by atoms with Crippen molar-refractivity contribution in [3.63, 3.8) is 0 Å². The molecule has 0 aromatic heterocycles. The molecule has 0 spiro atoms. The lowest BCUT2D eigenvalue weighted by Crippen LogP contribution is -2.17. The molecule has 0 saturated carbocycles. The number of carboxylic acid groups (broad SMARTS) is 1. The van der Waals surface area contributed by atoms with Crippen molar-refractivity contribution in [1.29, 1.82) is 0 Å². The van der Waals surface area contributed by atoms with Crippen molar-refractivity contribution in [1.82, 2.24) is 0 Å². The Bertz CT molecular complexity index is 798. The number of aryl methyl sites for hydroxylation is 1. The largest absolute Gasteiger partial charge is 0.508 e. The van der Waals surface area contributed by atoms with Crippen LogP contribution in [0.4, 0.5) is 5.69 Å². The highest BCUT2D eigenvalue weighted by Crippen LogP contribution is 2.30. The molecule has 0 aliphatic carbocycles. The van der Waals surface area contributed by atoms with Crippen molar-refractivity contribution < 1.29 is 24.5 Å². The Labute approximate surface area is 146 Å². The third kappa shape index (κ3) is 4.97. The second-order valence-electron chi connectivity index (χ2n) is 6.02. The Morgan fingerprint density at radius 1 is 1.16 bits per heavy atom. The summed E-state index contributed by atoms with van der Waals surface area (Å²) in [6.45, 7) is 5.47. The second-order valence-corrected chi connectivity index (χ2v) is 6.02. The number of anilines is 1. The zero-order chi connectivity index (χ0) is 18.6. The van der Waals surface area contributed by atoms with Crippen LogP contribution >= 0.6 is 0 Å². The number of nitrogens with one attached hydrogen (secondary N) is 1. The molecule has 1 amide bonds. The molecule has 0 fully saturated rings. The summed E-state index contributed by atoms with van der Waals surface area (Å²) in [6, 6.07) is 9.15. The van der Waals surface area contributed by atoms with Gasteiger partial charge < -0.3 is 20.3 Å². The first-order valence-electron chi connectivity index (χ1n) is 7.88. The van der Waals surface area contributed by atoms with Crippen molar-refractivity contribution in [3.8, 4) is 11.5 Å². The van der Waals surface area contributed by atoms with Crippen LogP contribution in [0.2, 0.25) is 0 Å². The summed E-state index contributed by atoms with van der Waals surface area (Å²) in [5, 5.41) is 21.3. The molecule has 0 saturated heterocycles. The molecule has 0 aliphatic rings. The molecule has 6 nitrogen and oxygen atoms in total. The molecule has 132 valence electrons. The van der Waals surface area contributed by atoms with Crippen LogP contribution in [-0.4, -0.2) is 28.2 Å². The third-order valence-electron chi connectivity index (χ3n) is 3.54. The Balaban J connectivity index is 2.14. The number of hydrogen-bond acceptors (Lipinski definition) is 4. The van der Waals surface area contributed by atoms with Gasteiger partial charge >= 0.3 is 5.97 Å². The first-order valence-corrected chi connectivity index (χ1v) is 7.88. The summed E-state index contributed by atoms with van der Waals surface area (Å²) < 4.78 is 5.60. The van der Waals surface area contributed by atoms with E-state index in [1.54, 1.807) is 25.1 Å². The highest BCUT2D eigenvalue weighted by molar-refractivity contribution is 5.94. The number of benzene rings is 2. The first-order chi connectivity index (χ1) is 11.8. The van der Waals surface area contributed by atoms with Crippen molar-refractivity contribution >= 4 is 17.6 Å². The van der Waals surface area contributed by atoms with E-state index in [4.69, 9.17) is 9.84 Å². The monoisotopic (exact) mass is 343 g/mol. The van der Waals surface area contributed by atoms with E-state index in [-0.39, 0.29) is 29.7 Å². The number of phenols is 1. The molecular weight excluding hydrogens is 322 g/mol. The summed E-state index contributed by atoms with van der Waals surface area (Å²) in [5.41, 5.74) is 2.14. The highest BCUT2D eigenvalue weighted by Gasteiger charge is 2.13. The van der Waals surface area contributed by atoms with Crippen LogP contribution in [0.3, 0.4) is 0 Å². The number of carboxylic acids is 1. The number of aromatic carboxylic acids is 1. The van der Waals surface area contributed by atoms with Crippen molar-refractivity contribution in [2.24, 2.45) is 0 Å². The second kappa shape index (κ2) is 7.70. The standard InChI is InChI=1S/C19H21NO5/c1-11(2)25-17-10-15(21)6-7-16(17)20-18(22)9-13-4-5-14(19(23)24)8-12(13)3/h4-8,10-11,21H,9H2,1-3H3,(H,20,22)(H,23,24). The lowest BCUT2D eigenvalue weighted by Gasteiger charge is -2.15. The maximum absolute atomic E-state index is 12.3. The van der Waals surface area contributed by atoms with Crippen LogP contribution < -0.4 is 10.1 Å². The normalized spacial score (nSPS) is 10.6. The van der Waals surface area contributed by atoms with Crippen LogP contribution in [0.25, 0.3) is 0 Å². The summed E-state index contributed by atoms with van der Waals surface area (Å²) in [4.78, 5) is 23.3. The molecule has 6 heteroatoms. The SMILES string of the molecule is Cc1cc(C(=O)O)ccc1CC(=O)Nc1ccc(O)cc1OC(C)C. The topological polar surface area (TPSA) is 95.9 Å². The molecule has 0 bridgehead atoms. The number of carbonyl (C=O) groups is 2. The predicted molar refractivity (Wildman–Crippen MR) is 94.3 cm³/mol. The molecule has 25 heavy (non-hydrogen) atoms. The number of ether oxygens (including phenoxy) is 1. The van der Waals surface area contributed by atoms with Gasteiger partial charge in [-0.1, -0.05) is 6.07 Å². The summed E-state index contributed by atoms with van der Waals surface area (Å²) in [5.74, 6) is -0.820. The quantitative estimate of drug-likeness (QED) is 0.699. The van der Waals surface area contributed by atoms with E-state index in [1.165, 1.54) is 18.2 Å². The van der Waals surface area contributed by atoms with E-state index in [1.807, 2.05) is 13.8 Å². The van der Waals surface area contributed by atoms with Crippen molar-refractivity contribution in [3.05, 3.63) is 53.1 Å². The zero-order valence-corrected chi connectivity index (χ0v) is 14.4. The van der Waals surface area contributed by atoms with Crippen LogP contribution in [0, 0.1) is 6.92 Å². The van der Waals surface area contributed by atoms with E-state index >= 15 is 0 Å². The molecule has 2 aromatic carbocycles. The first kappa shape index (κ1) is 18.3. The van der Waals surface area contributed by atoms with Crippen molar-refractivity contribution in [2.45, 2.75) is 33.3 Å². The Hall–Kier alpha value is -3.02. The number of amides is 1. The molecule has 2 rings (SSSR count). The molecule has 3 N–H and O–H groups in total. The Morgan fingerprint density at radius 3 is 2.48 bits per heavy atom. The predicted octanol–water partition coefficient (Wildman–Crippen LogP) is 3.37. The van der Waals surface area contributed by atoms with E-state index in [0.717, 1.165) is 11.1 Å². The van der Waals surface area contributed by atoms with Gasteiger partial charge in [0.15, 0.2) is 0 Å². The fraction of sp³-hybridized carbons (Fsp3) is 0.263. The number of carbonyl (C=O) groups excluding carboxylic acids is 1. The maximum Gasteiger partial charge on any atom is 0.335 e. The average molecular weight is 343 g/mol. The number of phenolic OH excluding ortho intramolecular Hbond substituents is 1. The van der Waals surface area contributed by atoms with Gasteiger partial charge in [0, 0.05) is 6.07 Å². The molecule has 0 heterocycles. The fourth-order valence-electron chi connectivity index (χ4n) is 2.36. The summed E-state index contributed by atoms with van der Waals surface area (Å²) >= 11 is 0. The van der Waals surface area contributed by atoms with Gasteiger partial charge in [-0.3, -0.25) is 4.79 Å². The van der Waals surface area contributed by atoms with Gasteiger partial charge in [0.1, 0.15) is 11.5 Å². The lowest BCUT2D eigenvalue weighted by molar-refractivity contribution is -0.115. The Morgan fingerprint density at radius 2 is 1.88 bits per heavy atom. The minimum Gasteiger partial charge on any atom is -0.508 e. The van der Waals surface area contributed by atoms with Crippen molar-refractivity contribution in [2.75, 3.05) is 5.32 Å². The maximum atomic E-state index is 12.3. The molecule has 0 aliphatic heterocycles. The minimum atomic E-state index is -1.00. The molecule has 0 unspecified atom stereocenters. The van der Waals surface area contributed by atoms with Gasteiger partial charge in [-0.15, -0.1) is 0 Å². The molecular formula is C19H21NO5. The molecule has 0 radical (unpaired) electrons. The molecule has 0 atom stereocenters. The van der Waals surface area contributed by atoms with Gasteiger partial charge in [0.05, 0.1) is 23.8 Å². The van der Waals surface area contributed by atoms with Gasteiger partial charge in [-0.2, -0.15) is 0 Å². The van der Waals surface area contributed by atoms with Gasteiger partial charge in [-0.05, 0) is 56.2 Å². The minimum absolute atomic E-state index is 0.0498. The van der Waals surface area contributed by atoms with E-state index < -0.39 is 5.97 Å². The molecule has 2 aromatic rings. The van der Waals surface area contributed by atoms with Crippen LogP contribution in [0.15, 0.2) is 36.4 Å². The van der Waals surface area contributed by atoms with Crippen LogP contribution in [0.1, 0.15) is 35.3 Å². The van der Waals surface area contributed by atoms with Gasteiger partial charge in [0.25, 0.3) is 0 Å². The van der Waals surface area contributed by atoms with E-state index in [9.17, 15) is 14.7 Å². The van der Waals surface area contributed by atoms with Gasteiger partial charge in [0.2, 0.25) is 5.91 Å². The fourth-order valence-corrected chi connectivity index (χ4v) is 2.36. The highest BCUT2D eigenvalue weighted by atomic mass is 16.5. The van der Waals surface area contributed by atoms with E-state index in [0.29, 0.717) is 11.4 Å². The lowest BCUT2D eigenvalue weighted by atomic mass is 10.0. The summed E-state index contributed by atoms with van der Waals surface area (Å²) in [6.07, 6.45) is -0.00320. The number of hydrogen-bond donors (Lipinski definition) is 3. The number of aromatic hydroxyl groups is 1. The third-order valence-corrected chi connectivity index (χ3v) is 3.54. The summed E-state index contributed by atoms with van der Waals surface area (Å²) in [7, 11) is 0. The van der Waals surface area contributed by atoms with Gasteiger partial charge in [-0.25, -0.2) is 4.79 Å². The zero-order valence-electron chi connectivity index (χ0n) is 14.4. The Kier molecular flexibility index (Phi) is 5.64.